The zero-order valence-corrected chi connectivity index (χ0v) is 16.6. The van der Waals surface area contributed by atoms with Gasteiger partial charge in [-0.25, -0.2) is 0 Å². The molecule has 0 radical (unpaired) electrons. The molecule has 21 heavy (non-hydrogen) atoms. The maximum atomic E-state index is 5.68. The second-order valence-electron chi connectivity index (χ2n) is 4.89. The van der Waals surface area contributed by atoms with Gasteiger partial charge in [0, 0.05) is 14.9 Å². The van der Waals surface area contributed by atoms with Gasteiger partial charge in [0.2, 0.25) is 0 Å². The maximum absolute atomic E-state index is 5.68. The van der Waals surface area contributed by atoms with E-state index >= 15 is 0 Å². The molecule has 1 aromatic carbocycles. The van der Waals surface area contributed by atoms with E-state index in [1.165, 1.54) is 21.6 Å². The van der Waals surface area contributed by atoms with Gasteiger partial charge in [0.1, 0.15) is 5.75 Å². The molecule has 1 heterocycles. The van der Waals surface area contributed by atoms with Crippen molar-refractivity contribution in [3.8, 4) is 5.75 Å². The van der Waals surface area contributed by atoms with Crippen molar-refractivity contribution in [1.29, 1.82) is 0 Å². The molecule has 0 bridgehead atoms. The van der Waals surface area contributed by atoms with Gasteiger partial charge in [-0.3, -0.25) is 0 Å². The number of aryl methyl sites for hydroxylation is 1. The second kappa shape index (κ2) is 7.27. The first-order valence-corrected chi connectivity index (χ1v) is 9.22. The number of rotatable bonds is 5. The molecule has 0 amide bonds. The Hall–Kier alpha value is -0.360. The molecule has 0 saturated heterocycles. The molecule has 0 spiro atoms. The number of benzene rings is 1. The SMILES string of the molecule is CCNC(c1cc(Br)c(Br)s1)c1ccc(C)c(C)c1OC. The molecule has 0 fully saturated rings. The van der Waals surface area contributed by atoms with Gasteiger partial charge in [0.15, 0.2) is 0 Å². The fraction of sp³-hybridized carbons (Fsp3) is 0.375. The van der Waals surface area contributed by atoms with Crippen molar-refractivity contribution in [3.63, 3.8) is 0 Å². The Balaban J connectivity index is 2.55. The van der Waals surface area contributed by atoms with Crippen molar-refractivity contribution in [1.82, 2.24) is 5.32 Å². The molecule has 5 heteroatoms. The summed E-state index contributed by atoms with van der Waals surface area (Å²) >= 11 is 8.89. The van der Waals surface area contributed by atoms with E-state index in [1.54, 1.807) is 18.4 Å². The third-order valence-electron chi connectivity index (χ3n) is 3.58. The third kappa shape index (κ3) is 3.52. The van der Waals surface area contributed by atoms with Crippen LogP contribution in [0, 0.1) is 13.8 Å². The van der Waals surface area contributed by atoms with Crippen LogP contribution in [0.5, 0.6) is 5.75 Å². The fourth-order valence-corrected chi connectivity index (χ4v) is 4.57. The van der Waals surface area contributed by atoms with Gasteiger partial charge in [-0.05, 0) is 69.4 Å². The molecule has 0 saturated carbocycles. The minimum atomic E-state index is 0.136. The smallest absolute Gasteiger partial charge is 0.127 e. The number of methoxy groups -OCH3 is 1. The predicted molar refractivity (Wildman–Crippen MR) is 97.7 cm³/mol. The summed E-state index contributed by atoms with van der Waals surface area (Å²) < 4.78 is 7.89. The highest BCUT2D eigenvalue weighted by molar-refractivity contribution is 9.13. The molecule has 0 aliphatic rings. The van der Waals surface area contributed by atoms with Crippen LogP contribution in [-0.2, 0) is 0 Å². The number of hydrogen-bond acceptors (Lipinski definition) is 3. The summed E-state index contributed by atoms with van der Waals surface area (Å²) in [7, 11) is 1.74. The van der Waals surface area contributed by atoms with E-state index in [4.69, 9.17) is 4.74 Å². The van der Waals surface area contributed by atoms with Crippen molar-refractivity contribution in [2.45, 2.75) is 26.8 Å². The Labute approximate surface area is 147 Å². The monoisotopic (exact) mass is 431 g/mol. The fourth-order valence-electron chi connectivity index (χ4n) is 2.38. The van der Waals surface area contributed by atoms with Crippen LogP contribution in [0.15, 0.2) is 26.5 Å². The Morgan fingerprint density at radius 2 is 2.00 bits per heavy atom. The summed E-state index contributed by atoms with van der Waals surface area (Å²) in [6.07, 6.45) is 0. The van der Waals surface area contributed by atoms with Crippen LogP contribution in [0.1, 0.15) is 34.5 Å². The lowest BCUT2D eigenvalue weighted by molar-refractivity contribution is 0.401. The van der Waals surface area contributed by atoms with Crippen LogP contribution in [0.3, 0.4) is 0 Å². The van der Waals surface area contributed by atoms with Crippen LogP contribution in [0.4, 0.5) is 0 Å². The average Bonchev–Trinajstić information content (AvgIpc) is 2.79. The molecule has 1 aromatic heterocycles. The van der Waals surface area contributed by atoms with Gasteiger partial charge in [0.05, 0.1) is 16.9 Å². The first kappa shape index (κ1) is 17.0. The highest BCUT2D eigenvalue weighted by atomic mass is 79.9. The van der Waals surface area contributed by atoms with Crippen LogP contribution < -0.4 is 10.1 Å². The lowest BCUT2D eigenvalue weighted by Gasteiger charge is -2.22. The van der Waals surface area contributed by atoms with Gasteiger partial charge < -0.3 is 10.1 Å². The number of halogens is 2. The lowest BCUT2D eigenvalue weighted by atomic mass is 9.98. The molecule has 2 nitrogen and oxygen atoms in total. The average molecular weight is 433 g/mol. The number of hydrogen-bond donors (Lipinski definition) is 1. The van der Waals surface area contributed by atoms with Crippen LogP contribution in [0.25, 0.3) is 0 Å². The summed E-state index contributed by atoms with van der Waals surface area (Å²) in [5.41, 5.74) is 3.63. The highest BCUT2D eigenvalue weighted by Gasteiger charge is 2.22. The Morgan fingerprint density at radius 3 is 2.52 bits per heavy atom. The quantitative estimate of drug-likeness (QED) is 0.663. The van der Waals surface area contributed by atoms with Gasteiger partial charge in [-0.2, -0.15) is 0 Å². The summed E-state index contributed by atoms with van der Waals surface area (Å²) in [6.45, 7) is 7.25. The standard InChI is InChI=1S/C16H19Br2NOS/c1-5-19-14(13-8-12(17)16(18)21-13)11-7-6-9(2)10(3)15(11)20-4/h6-8,14,19H,5H2,1-4H3. The summed E-state index contributed by atoms with van der Waals surface area (Å²) in [5, 5.41) is 3.57. The number of thiophene rings is 1. The largest absolute Gasteiger partial charge is 0.496 e. The Morgan fingerprint density at radius 1 is 1.29 bits per heavy atom. The zero-order chi connectivity index (χ0) is 15.6. The van der Waals surface area contributed by atoms with E-state index in [1.807, 2.05) is 0 Å². The molecule has 1 N–H and O–H groups in total. The lowest BCUT2D eigenvalue weighted by Crippen LogP contribution is -2.22. The van der Waals surface area contributed by atoms with E-state index in [2.05, 4.69) is 76.1 Å². The van der Waals surface area contributed by atoms with Crippen molar-refractivity contribution in [3.05, 3.63) is 48.0 Å². The summed E-state index contributed by atoms with van der Waals surface area (Å²) in [6, 6.07) is 6.62. The first-order valence-electron chi connectivity index (χ1n) is 6.81. The molecular formula is C16H19Br2NOS. The van der Waals surface area contributed by atoms with Crippen molar-refractivity contribution >= 4 is 43.2 Å². The van der Waals surface area contributed by atoms with Gasteiger partial charge in [-0.1, -0.05) is 19.1 Å². The molecular weight excluding hydrogens is 414 g/mol. The van der Waals surface area contributed by atoms with Crippen molar-refractivity contribution in [2.75, 3.05) is 13.7 Å². The molecule has 1 unspecified atom stereocenters. The molecule has 0 aliphatic heterocycles. The maximum Gasteiger partial charge on any atom is 0.127 e. The minimum absolute atomic E-state index is 0.136. The van der Waals surface area contributed by atoms with E-state index < -0.39 is 0 Å². The Kier molecular flexibility index (Phi) is 5.88. The molecule has 1 atom stereocenters. The second-order valence-corrected chi connectivity index (χ2v) is 8.15. The topological polar surface area (TPSA) is 21.3 Å². The van der Waals surface area contributed by atoms with Crippen molar-refractivity contribution < 1.29 is 4.74 Å². The Bertz CT molecular complexity index is 620. The number of ether oxygens (including phenoxy) is 1. The van der Waals surface area contributed by atoms with Crippen molar-refractivity contribution in [2.24, 2.45) is 0 Å². The van der Waals surface area contributed by atoms with Gasteiger partial charge in [0.25, 0.3) is 0 Å². The number of nitrogens with one attached hydrogen (secondary N) is 1. The summed E-state index contributed by atoms with van der Waals surface area (Å²) in [5.74, 6) is 0.974. The molecule has 0 aliphatic carbocycles. The van der Waals surface area contributed by atoms with E-state index in [9.17, 15) is 0 Å². The van der Waals surface area contributed by atoms with E-state index in [-0.39, 0.29) is 6.04 Å². The minimum Gasteiger partial charge on any atom is -0.496 e. The third-order valence-corrected chi connectivity index (χ3v) is 6.90. The summed E-state index contributed by atoms with van der Waals surface area (Å²) in [4.78, 5) is 1.26. The van der Waals surface area contributed by atoms with E-state index in [0.29, 0.717) is 0 Å². The molecule has 2 aromatic rings. The van der Waals surface area contributed by atoms with Crippen LogP contribution >= 0.6 is 43.2 Å². The molecule has 2 rings (SSSR count). The van der Waals surface area contributed by atoms with Crippen LogP contribution in [-0.4, -0.2) is 13.7 Å². The normalized spacial score (nSPS) is 12.5. The predicted octanol–water partition coefficient (Wildman–Crippen LogP) is 5.60. The van der Waals surface area contributed by atoms with Gasteiger partial charge in [-0.15, -0.1) is 11.3 Å². The first-order chi connectivity index (χ1) is 9.99. The van der Waals surface area contributed by atoms with E-state index in [0.717, 1.165) is 20.6 Å². The van der Waals surface area contributed by atoms with Gasteiger partial charge >= 0.3 is 0 Å². The zero-order valence-electron chi connectivity index (χ0n) is 12.6. The van der Waals surface area contributed by atoms with Crippen LogP contribution in [0.2, 0.25) is 0 Å². The molecule has 114 valence electrons. The highest BCUT2D eigenvalue weighted by Crippen LogP contribution is 2.40.